The van der Waals surface area contributed by atoms with E-state index in [9.17, 15) is 9.59 Å². The van der Waals surface area contributed by atoms with Gasteiger partial charge in [-0.25, -0.2) is 0 Å². The maximum atomic E-state index is 13.1. The van der Waals surface area contributed by atoms with E-state index in [1.54, 1.807) is 11.1 Å². The number of halogens is 1. The first-order valence-corrected chi connectivity index (χ1v) is 10.8. The van der Waals surface area contributed by atoms with Crippen molar-refractivity contribution in [2.75, 3.05) is 19.6 Å². The molecule has 1 unspecified atom stereocenters. The van der Waals surface area contributed by atoms with Gasteiger partial charge in [-0.05, 0) is 42.8 Å². The molecule has 6 nitrogen and oxygen atoms in total. The second-order valence-corrected chi connectivity index (χ2v) is 8.36. The van der Waals surface area contributed by atoms with Gasteiger partial charge in [0.15, 0.2) is 0 Å². The van der Waals surface area contributed by atoms with Crippen LogP contribution in [0.15, 0.2) is 48.7 Å². The number of carbonyl (C=O) groups is 2. The molecule has 2 fully saturated rings. The van der Waals surface area contributed by atoms with E-state index in [-0.39, 0.29) is 23.8 Å². The third kappa shape index (κ3) is 5.11. The van der Waals surface area contributed by atoms with Crippen LogP contribution in [0.5, 0.6) is 5.75 Å². The minimum atomic E-state index is -0.139. The molecule has 2 amide bonds. The molecule has 1 atom stereocenters. The van der Waals surface area contributed by atoms with Gasteiger partial charge in [-0.2, -0.15) is 0 Å². The summed E-state index contributed by atoms with van der Waals surface area (Å²) in [6.45, 7) is 2.29. The van der Waals surface area contributed by atoms with Gasteiger partial charge in [-0.1, -0.05) is 17.7 Å². The highest BCUT2D eigenvalue weighted by molar-refractivity contribution is 6.30. The lowest BCUT2D eigenvalue weighted by Gasteiger charge is -2.37. The predicted octanol–water partition coefficient (Wildman–Crippen LogP) is 3.54. The number of rotatable bonds is 5. The van der Waals surface area contributed by atoms with Crippen LogP contribution in [0, 0.1) is 5.92 Å². The Balaban J connectivity index is 1.29. The van der Waals surface area contributed by atoms with Gasteiger partial charge in [-0.3, -0.25) is 14.6 Å². The Morgan fingerprint density at radius 3 is 2.57 bits per heavy atom. The molecule has 2 aromatic rings. The van der Waals surface area contributed by atoms with Crippen molar-refractivity contribution in [3.63, 3.8) is 0 Å². The van der Waals surface area contributed by atoms with Gasteiger partial charge in [0.05, 0.1) is 18.2 Å². The van der Waals surface area contributed by atoms with E-state index in [1.165, 1.54) is 0 Å². The van der Waals surface area contributed by atoms with Crippen molar-refractivity contribution in [3.8, 4) is 5.75 Å². The van der Waals surface area contributed by atoms with Crippen LogP contribution in [-0.4, -0.2) is 52.3 Å². The van der Waals surface area contributed by atoms with Gasteiger partial charge in [0.25, 0.3) is 0 Å². The van der Waals surface area contributed by atoms with Crippen molar-refractivity contribution < 1.29 is 14.3 Å². The Hall–Kier alpha value is -2.60. The number of likely N-dealkylation sites (tertiary alicyclic amines) is 2. The molecule has 7 heteroatoms. The molecule has 4 rings (SSSR count). The molecule has 3 heterocycles. The van der Waals surface area contributed by atoms with E-state index >= 15 is 0 Å². The number of aromatic nitrogens is 1. The summed E-state index contributed by atoms with van der Waals surface area (Å²) in [6, 6.07) is 13.0. The molecule has 1 aromatic carbocycles. The highest BCUT2D eigenvalue weighted by Crippen LogP contribution is 2.25. The first-order valence-electron chi connectivity index (χ1n) is 10.5. The average Bonchev–Trinajstić information content (AvgIpc) is 2.78. The van der Waals surface area contributed by atoms with Crippen molar-refractivity contribution in [2.45, 2.75) is 38.3 Å². The number of hydrogen-bond donors (Lipinski definition) is 0. The SMILES string of the molecule is O=C1CCC(C(=O)N2CCC(Oc3ccc(Cl)cc3)CC2)CN1Cc1ccccn1. The van der Waals surface area contributed by atoms with Crippen molar-refractivity contribution >= 4 is 23.4 Å². The minimum absolute atomic E-state index is 0.0970. The molecule has 0 radical (unpaired) electrons. The van der Waals surface area contributed by atoms with Crippen LogP contribution in [-0.2, 0) is 16.1 Å². The molecule has 0 spiro atoms. The van der Waals surface area contributed by atoms with Crippen molar-refractivity contribution in [3.05, 3.63) is 59.4 Å². The Bertz CT molecular complexity index is 867. The second kappa shape index (κ2) is 9.47. The van der Waals surface area contributed by atoms with Gasteiger partial charge < -0.3 is 14.5 Å². The Kier molecular flexibility index (Phi) is 6.53. The molecule has 1 aromatic heterocycles. The van der Waals surface area contributed by atoms with E-state index in [0.29, 0.717) is 44.0 Å². The van der Waals surface area contributed by atoms with Gasteiger partial charge >= 0.3 is 0 Å². The summed E-state index contributed by atoms with van der Waals surface area (Å²) in [4.78, 5) is 33.4. The minimum Gasteiger partial charge on any atom is -0.490 e. The number of amides is 2. The van der Waals surface area contributed by atoms with Crippen LogP contribution in [0.4, 0.5) is 0 Å². The molecule has 30 heavy (non-hydrogen) atoms. The lowest BCUT2D eigenvalue weighted by Crippen LogP contribution is -2.49. The first kappa shape index (κ1) is 20.7. The summed E-state index contributed by atoms with van der Waals surface area (Å²) in [6.07, 6.45) is 4.47. The maximum Gasteiger partial charge on any atom is 0.227 e. The fourth-order valence-corrected chi connectivity index (χ4v) is 4.24. The molecule has 2 saturated heterocycles. The molecule has 0 bridgehead atoms. The molecule has 2 aliphatic rings. The molecule has 0 N–H and O–H groups in total. The first-order chi connectivity index (χ1) is 14.6. The molecular formula is C23H26ClN3O3. The zero-order valence-electron chi connectivity index (χ0n) is 16.9. The van der Waals surface area contributed by atoms with E-state index in [2.05, 4.69) is 4.98 Å². The Labute approximate surface area is 181 Å². The third-order valence-electron chi connectivity index (χ3n) is 5.80. The van der Waals surface area contributed by atoms with Crippen molar-refractivity contribution in [1.29, 1.82) is 0 Å². The normalized spacial score (nSPS) is 20.3. The van der Waals surface area contributed by atoms with Crippen LogP contribution in [0.2, 0.25) is 5.02 Å². The Morgan fingerprint density at radius 2 is 1.87 bits per heavy atom. The van der Waals surface area contributed by atoms with E-state index < -0.39 is 0 Å². The number of carbonyl (C=O) groups excluding carboxylic acids is 2. The van der Waals surface area contributed by atoms with Gasteiger partial charge in [0, 0.05) is 50.1 Å². The van der Waals surface area contributed by atoms with Gasteiger partial charge in [0.1, 0.15) is 11.9 Å². The summed E-state index contributed by atoms with van der Waals surface area (Å²) in [5.41, 5.74) is 0.846. The smallest absolute Gasteiger partial charge is 0.227 e. The monoisotopic (exact) mass is 427 g/mol. The molecule has 2 aliphatic heterocycles. The van der Waals surface area contributed by atoms with Crippen LogP contribution < -0.4 is 4.74 Å². The Morgan fingerprint density at radius 1 is 1.10 bits per heavy atom. The highest BCUT2D eigenvalue weighted by Gasteiger charge is 2.34. The average molecular weight is 428 g/mol. The highest BCUT2D eigenvalue weighted by atomic mass is 35.5. The van der Waals surface area contributed by atoms with Crippen molar-refractivity contribution in [1.82, 2.24) is 14.8 Å². The topological polar surface area (TPSA) is 62.7 Å². The summed E-state index contributed by atoms with van der Waals surface area (Å²) in [5, 5.41) is 0.686. The molecule has 0 aliphatic carbocycles. The fraction of sp³-hybridized carbons (Fsp3) is 0.435. The van der Waals surface area contributed by atoms with Crippen LogP contribution in [0.3, 0.4) is 0 Å². The number of hydrogen-bond acceptors (Lipinski definition) is 4. The largest absolute Gasteiger partial charge is 0.490 e. The fourth-order valence-electron chi connectivity index (χ4n) is 4.11. The number of benzene rings is 1. The number of ether oxygens (including phenoxy) is 1. The van der Waals surface area contributed by atoms with Crippen LogP contribution >= 0.6 is 11.6 Å². The lowest BCUT2D eigenvalue weighted by molar-refractivity contribution is -0.144. The third-order valence-corrected chi connectivity index (χ3v) is 6.05. The number of pyridine rings is 1. The van der Waals surface area contributed by atoms with Gasteiger partial charge in [-0.15, -0.1) is 0 Å². The standard InChI is InChI=1S/C23H26ClN3O3/c24-18-5-7-20(8-6-18)30-21-10-13-26(14-11-21)23(29)17-4-9-22(28)27(15-17)16-19-3-1-2-12-25-19/h1-3,5-8,12,17,21H,4,9-11,13-16H2. The van der Waals surface area contributed by atoms with Crippen molar-refractivity contribution in [2.24, 2.45) is 5.92 Å². The van der Waals surface area contributed by atoms with Crippen LogP contribution in [0.25, 0.3) is 0 Å². The van der Waals surface area contributed by atoms with E-state index in [1.807, 2.05) is 47.4 Å². The predicted molar refractivity (Wildman–Crippen MR) is 114 cm³/mol. The zero-order valence-corrected chi connectivity index (χ0v) is 17.6. The summed E-state index contributed by atoms with van der Waals surface area (Å²) in [5.74, 6) is 0.915. The molecular weight excluding hydrogens is 402 g/mol. The maximum absolute atomic E-state index is 13.1. The molecule has 0 saturated carbocycles. The second-order valence-electron chi connectivity index (χ2n) is 7.93. The van der Waals surface area contributed by atoms with E-state index in [0.717, 1.165) is 24.3 Å². The van der Waals surface area contributed by atoms with Crippen LogP contribution in [0.1, 0.15) is 31.4 Å². The quantitative estimate of drug-likeness (QED) is 0.732. The number of piperidine rings is 2. The number of nitrogens with zero attached hydrogens (tertiary/aromatic N) is 3. The lowest BCUT2D eigenvalue weighted by atomic mass is 9.94. The van der Waals surface area contributed by atoms with Gasteiger partial charge in [0.2, 0.25) is 11.8 Å². The van der Waals surface area contributed by atoms with E-state index in [4.69, 9.17) is 16.3 Å². The summed E-state index contributed by atoms with van der Waals surface area (Å²) < 4.78 is 6.02. The summed E-state index contributed by atoms with van der Waals surface area (Å²) >= 11 is 5.92. The molecule has 158 valence electrons. The zero-order chi connectivity index (χ0) is 20.9. The summed E-state index contributed by atoms with van der Waals surface area (Å²) in [7, 11) is 0.